The number of esters is 1. The van der Waals surface area contributed by atoms with Gasteiger partial charge in [0.05, 0.1) is 13.0 Å². The molecule has 8 nitrogen and oxygen atoms in total. The monoisotopic (exact) mass is 427 g/mol. The van der Waals surface area contributed by atoms with E-state index >= 15 is 0 Å². The van der Waals surface area contributed by atoms with Gasteiger partial charge < -0.3 is 14.8 Å². The minimum Gasteiger partial charge on any atom is -0.412 e. The molecule has 1 unspecified atom stereocenters. The first kappa shape index (κ1) is 25.2. The van der Waals surface area contributed by atoms with Crippen LogP contribution in [0.3, 0.4) is 0 Å². The van der Waals surface area contributed by atoms with Gasteiger partial charge >= 0.3 is 39.2 Å². The fourth-order valence-electron chi connectivity index (χ4n) is 1.53. The predicted molar refractivity (Wildman–Crippen MR) is 80.1 cm³/mol. The van der Waals surface area contributed by atoms with Crippen LogP contribution in [0, 0.1) is 0 Å². The van der Waals surface area contributed by atoms with Crippen LogP contribution in [0.4, 0.5) is 22.0 Å². The number of carbonyl (C=O) groups excluding carboxylic acids is 2. The standard InChI is InChI=1S/C13H18F5NO7S/c1-3-5-7-19-10(21)12(13(16,17)18,26-9(20)4-2)25-8-6-11(14,15)27(22,23)24/h4H,2-3,5-8H2,1H3,(H,19,21)(H,22,23,24). The third-order valence-corrected chi connectivity index (χ3v) is 3.93. The molecule has 0 aliphatic carbocycles. The van der Waals surface area contributed by atoms with E-state index in [4.69, 9.17) is 4.55 Å². The normalized spacial score (nSPS) is 14.9. The Morgan fingerprint density at radius 1 is 1.22 bits per heavy atom. The fourth-order valence-corrected chi connectivity index (χ4v) is 1.87. The minimum atomic E-state index is -5.94. The average Bonchev–Trinajstić information content (AvgIpc) is 2.51. The van der Waals surface area contributed by atoms with Crippen molar-refractivity contribution in [2.45, 2.75) is 43.4 Å². The molecule has 14 heteroatoms. The van der Waals surface area contributed by atoms with Gasteiger partial charge in [0.25, 0.3) is 0 Å². The molecule has 0 aliphatic heterocycles. The van der Waals surface area contributed by atoms with E-state index in [0.717, 1.165) is 0 Å². The lowest BCUT2D eigenvalue weighted by Gasteiger charge is -2.33. The predicted octanol–water partition coefficient (Wildman–Crippen LogP) is 1.78. The number of alkyl halides is 5. The maximum Gasteiger partial charge on any atom is 0.466 e. The lowest BCUT2D eigenvalue weighted by atomic mass is 10.2. The Hall–Kier alpha value is -1.80. The van der Waals surface area contributed by atoms with Crippen LogP contribution in [0.5, 0.6) is 0 Å². The molecular weight excluding hydrogens is 409 g/mol. The third-order valence-electron chi connectivity index (χ3n) is 2.97. The van der Waals surface area contributed by atoms with E-state index in [0.29, 0.717) is 6.42 Å². The summed E-state index contributed by atoms with van der Waals surface area (Å²) in [6.45, 7) is 2.53. The lowest BCUT2D eigenvalue weighted by molar-refractivity contribution is -0.347. The first-order chi connectivity index (χ1) is 12.1. The third kappa shape index (κ3) is 6.70. The SMILES string of the molecule is C=CC(=O)OC(OCCC(F)(F)S(=O)(=O)O)(C(=O)NCCCC)C(F)(F)F. The second-order valence-electron chi connectivity index (χ2n) is 5.06. The zero-order valence-electron chi connectivity index (χ0n) is 14.0. The van der Waals surface area contributed by atoms with Crippen molar-refractivity contribution in [2.24, 2.45) is 0 Å². The molecule has 0 rings (SSSR count). The van der Waals surface area contributed by atoms with Gasteiger partial charge in [-0.1, -0.05) is 19.9 Å². The van der Waals surface area contributed by atoms with Crippen LogP contribution in [0.2, 0.25) is 0 Å². The topological polar surface area (TPSA) is 119 Å². The molecule has 27 heavy (non-hydrogen) atoms. The molecule has 0 aromatic carbocycles. The van der Waals surface area contributed by atoms with E-state index in [1.54, 1.807) is 12.2 Å². The molecule has 2 N–H and O–H groups in total. The summed E-state index contributed by atoms with van der Waals surface area (Å²) in [4.78, 5) is 23.2. The van der Waals surface area contributed by atoms with Gasteiger partial charge in [-0.2, -0.15) is 30.4 Å². The van der Waals surface area contributed by atoms with Crippen molar-refractivity contribution in [3.05, 3.63) is 12.7 Å². The van der Waals surface area contributed by atoms with Crippen LogP contribution < -0.4 is 5.32 Å². The largest absolute Gasteiger partial charge is 0.466 e. The van der Waals surface area contributed by atoms with Crippen LogP contribution >= 0.6 is 0 Å². The number of nitrogens with one attached hydrogen (secondary N) is 1. The van der Waals surface area contributed by atoms with Crippen molar-refractivity contribution >= 4 is 22.0 Å². The minimum absolute atomic E-state index is 0.246. The quantitative estimate of drug-likeness (QED) is 0.129. The average molecular weight is 427 g/mol. The molecule has 0 aromatic heterocycles. The highest BCUT2D eigenvalue weighted by Crippen LogP contribution is 2.37. The van der Waals surface area contributed by atoms with Crippen molar-refractivity contribution in [2.75, 3.05) is 13.2 Å². The number of hydrogen-bond acceptors (Lipinski definition) is 6. The number of carbonyl (C=O) groups is 2. The molecule has 0 heterocycles. The highest BCUT2D eigenvalue weighted by molar-refractivity contribution is 7.86. The summed E-state index contributed by atoms with van der Waals surface area (Å²) in [5, 5.41) is -3.07. The van der Waals surface area contributed by atoms with Gasteiger partial charge in [0.15, 0.2) is 0 Å². The Labute approximate surface area is 151 Å². The van der Waals surface area contributed by atoms with Crippen molar-refractivity contribution in [3.63, 3.8) is 0 Å². The Kier molecular flexibility index (Phi) is 8.79. The van der Waals surface area contributed by atoms with E-state index in [1.165, 1.54) is 0 Å². The molecule has 0 aliphatic rings. The lowest BCUT2D eigenvalue weighted by Crippen LogP contribution is -2.61. The Balaban J connectivity index is 5.69. The van der Waals surface area contributed by atoms with E-state index in [9.17, 15) is 40.0 Å². The van der Waals surface area contributed by atoms with E-state index in [2.05, 4.69) is 16.1 Å². The highest BCUT2D eigenvalue weighted by Gasteiger charge is 2.66. The smallest absolute Gasteiger partial charge is 0.412 e. The molecule has 0 aromatic rings. The Morgan fingerprint density at radius 2 is 1.78 bits per heavy atom. The fraction of sp³-hybridized carbons (Fsp3) is 0.692. The molecule has 0 bridgehead atoms. The number of halogens is 5. The molecule has 0 saturated heterocycles. The van der Waals surface area contributed by atoms with Gasteiger partial charge in [-0.05, 0) is 6.42 Å². The summed E-state index contributed by atoms with van der Waals surface area (Å²) >= 11 is 0. The molecule has 0 saturated carbocycles. The molecule has 1 amide bonds. The van der Waals surface area contributed by atoms with Crippen LogP contribution in [-0.4, -0.2) is 55.2 Å². The van der Waals surface area contributed by atoms with Gasteiger partial charge in [-0.3, -0.25) is 9.35 Å². The maximum atomic E-state index is 13.4. The van der Waals surface area contributed by atoms with Crippen molar-refractivity contribution in [3.8, 4) is 0 Å². The Bertz CT molecular complexity index is 650. The summed E-state index contributed by atoms with van der Waals surface area (Å²) in [6.07, 6.45) is -6.66. The number of hydrogen-bond donors (Lipinski definition) is 2. The van der Waals surface area contributed by atoms with Crippen molar-refractivity contribution in [1.29, 1.82) is 0 Å². The zero-order valence-corrected chi connectivity index (χ0v) is 14.8. The summed E-state index contributed by atoms with van der Waals surface area (Å²) in [5.74, 6) is -8.07. The van der Waals surface area contributed by atoms with Crippen molar-refractivity contribution in [1.82, 2.24) is 5.32 Å². The second-order valence-corrected chi connectivity index (χ2v) is 6.61. The molecular formula is C13H18F5NO7S. The molecule has 0 fully saturated rings. The highest BCUT2D eigenvalue weighted by atomic mass is 32.2. The summed E-state index contributed by atoms with van der Waals surface area (Å²) in [5.41, 5.74) is 0. The van der Waals surface area contributed by atoms with E-state index in [-0.39, 0.29) is 19.0 Å². The molecule has 0 radical (unpaired) electrons. The molecule has 1 atom stereocenters. The summed E-state index contributed by atoms with van der Waals surface area (Å²) in [7, 11) is -5.94. The first-order valence-electron chi connectivity index (χ1n) is 7.34. The van der Waals surface area contributed by atoms with E-state index < -0.39 is 52.2 Å². The van der Waals surface area contributed by atoms with Crippen LogP contribution in [0.1, 0.15) is 26.2 Å². The first-order valence-corrected chi connectivity index (χ1v) is 8.78. The molecule has 158 valence electrons. The van der Waals surface area contributed by atoms with Gasteiger partial charge in [0.2, 0.25) is 0 Å². The Morgan fingerprint density at radius 3 is 2.19 bits per heavy atom. The van der Waals surface area contributed by atoms with Gasteiger partial charge in [0, 0.05) is 12.6 Å². The number of unbranched alkanes of at least 4 members (excludes halogenated alkanes) is 1. The van der Waals surface area contributed by atoms with Gasteiger partial charge in [-0.25, -0.2) is 4.79 Å². The molecule has 0 spiro atoms. The summed E-state index contributed by atoms with van der Waals surface area (Å²) < 4.78 is 104. The number of rotatable bonds is 11. The maximum absolute atomic E-state index is 13.4. The zero-order chi connectivity index (χ0) is 21.5. The van der Waals surface area contributed by atoms with Crippen molar-refractivity contribution < 1.29 is 54.0 Å². The number of ether oxygens (including phenoxy) is 2. The summed E-state index contributed by atoms with van der Waals surface area (Å²) in [6, 6.07) is 0. The number of amides is 1. The second kappa shape index (κ2) is 9.41. The van der Waals surface area contributed by atoms with Gasteiger partial charge in [0.1, 0.15) is 0 Å². The van der Waals surface area contributed by atoms with E-state index in [1.807, 2.05) is 0 Å². The van der Waals surface area contributed by atoms with Crippen LogP contribution in [-0.2, 0) is 29.2 Å². The van der Waals surface area contributed by atoms with Gasteiger partial charge in [-0.15, -0.1) is 0 Å². The van der Waals surface area contributed by atoms with Crippen LogP contribution in [0.15, 0.2) is 12.7 Å². The van der Waals surface area contributed by atoms with Crippen LogP contribution in [0.25, 0.3) is 0 Å².